The zero-order chi connectivity index (χ0) is 11.1. The molecule has 0 fully saturated rings. The Labute approximate surface area is 112 Å². The Bertz CT molecular complexity index is 475. The maximum absolute atomic E-state index is 13.3. The van der Waals surface area contributed by atoms with Gasteiger partial charge in [-0.1, -0.05) is 0 Å². The van der Waals surface area contributed by atoms with Crippen LogP contribution >= 0.6 is 34.8 Å². The Hall–Kier alpha value is -0.270. The molecule has 0 aromatic heterocycles. The first kappa shape index (κ1) is 10.9. The van der Waals surface area contributed by atoms with Crippen molar-refractivity contribution in [2.75, 3.05) is 13.1 Å². The maximum Gasteiger partial charge on any atom is 0.123 e. The highest BCUT2D eigenvalue weighted by Crippen LogP contribution is 2.44. The lowest BCUT2D eigenvalue weighted by Crippen LogP contribution is -2.29. The molecule has 1 N–H and O–H groups in total. The quantitative estimate of drug-likeness (QED) is 0.440. The molecule has 0 amide bonds. The van der Waals surface area contributed by atoms with Gasteiger partial charge in [-0.25, -0.2) is 4.39 Å². The van der Waals surface area contributed by atoms with Crippen LogP contribution in [-0.2, 0) is 0 Å². The number of hydrogen-bond acceptors (Lipinski definition) is 3. The van der Waals surface area contributed by atoms with E-state index >= 15 is 0 Å². The van der Waals surface area contributed by atoms with Gasteiger partial charge in [0.05, 0.1) is 22.9 Å². The van der Waals surface area contributed by atoms with Crippen molar-refractivity contribution in [1.29, 1.82) is 0 Å². The fourth-order valence-electron chi connectivity index (χ4n) is 2.08. The first-order valence-electron chi connectivity index (χ1n) is 5.12. The second-order valence-electron chi connectivity index (χ2n) is 3.83. The summed E-state index contributed by atoms with van der Waals surface area (Å²) >= 11 is 3.99. The second-order valence-corrected chi connectivity index (χ2v) is 6.44. The third-order valence-electron chi connectivity index (χ3n) is 2.85. The third kappa shape index (κ3) is 1.74. The van der Waals surface area contributed by atoms with Crippen molar-refractivity contribution >= 4 is 40.4 Å². The fourth-order valence-corrected chi connectivity index (χ4v) is 4.14. The van der Waals surface area contributed by atoms with Crippen LogP contribution in [0.3, 0.4) is 0 Å². The number of hydrogen-bond donors (Lipinski definition) is 1. The van der Waals surface area contributed by atoms with Gasteiger partial charge in [-0.05, 0) is 41.3 Å². The molecule has 0 saturated heterocycles. The van der Waals surface area contributed by atoms with Gasteiger partial charge in [0.2, 0.25) is 0 Å². The molecule has 2 aliphatic heterocycles. The lowest BCUT2D eigenvalue weighted by atomic mass is 9.99. The summed E-state index contributed by atoms with van der Waals surface area (Å²) in [6, 6.07) is 5.03. The summed E-state index contributed by atoms with van der Waals surface area (Å²) in [5, 5.41) is 3.35. The number of nitrogens with one attached hydrogen (secondary N) is 1. The molecular formula is C11H10FIN2S. The van der Waals surface area contributed by atoms with Crippen molar-refractivity contribution in [3.8, 4) is 0 Å². The summed E-state index contributed by atoms with van der Waals surface area (Å²) in [5.41, 5.74) is 3.62. The van der Waals surface area contributed by atoms with E-state index in [1.165, 1.54) is 17.3 Å². The summed E-state index contributed by atoms with van der Waals surface area (Å²) in [7, 11) is 0. The summed E-state index contributed by atoms with van der Waals surface area (Å²) in [6.45, 7) is 1.84. The van der Waals surface area contributed by atoms with Gasteiger partial charge in [-0.2, -0.15) is 0 Å². The first-order valence-corrected chi connectivity index (χ1v) is 6.86. The summed E-state index contributed by atoms with van der Waals surface area (Å²) in [6.07, 6.45) is 1.02. The molecule has 5 heteroatoms. The van der Waals surface area contributed by atoms with Gasteiger partial charge in [-0.15, -0.1) is 0 Å². The van der Waals surface area contributed by atoms with Crippen molar-refractivity contribution in [2.24, 2.45) is 0 Å². The van der Waals surface area contributed by atoms with E-state index in [1.54, 1.807) is 18.0 Å². The predicted octanol–water partition coefficient (Wildman–Crippen LogP) is 3.20. The van der Waals surface area contributed by atoms with Gasteiger partial charge >= 0.3 is 0 Å². The summed E-state index contributed by atoms with van der Waals surface area (Å²) in [5.74, 6) is -0.154. The fraction of sp³-hybridized carbons (Fsp3) is 0.273. The zero-order valence-corrected chi connectivity index (χ0v) is 11.4. The molecule has 0 saturated carbocycles. The Morgan fingerprint density at radius 1 is 1.44 bits per heavy atom. The Morgan fingerprint density at radius 3 is 3.19 bits per heavy atom. The molecule has 0 spiro atoms. The van der Waals surface area contributed by atoms with E-state index in [0.29, 0.717) is 0 Å². The molecule has 2 aliphatic rings. The van der Waals surface area contributed by atoms with Crippen LogP contribution in [0.5, 0.6) is 0 Å². The minimum atomic E-state index is -0.154. The first-order chi connectivity index (χ1) is 7.75. The summed E-state index contributed by atoms with van der Waals surface area (Å²) < 4.78 is 15.5. The topological polar surface area (TPSA) is 15.3 Å². The van der Waals surface area contributed by atoms with E-state index in [0.717, 1.165) is 30.0 Å². The van der Waals surface area contributed by atoms with Gasteiger partial charge in [0.1, 0.15) is 5.82 Å². The molecular weight excluding hydrogens is 338 g/mol. The Kier molecular flexibility index (Phi) is 2.85. The lowest BCUT2D eigenvalue weighted by molar-refractivity contribution is 0.623. The molecule has 16 heavy (non-hydrogen) atoms. The van der Waals surface area contributed by atoms with Crippen LogP contribution in [0.15, 0.2) is 28.8 Å². The minimum absolute atomic E-state index is 0.154. The highest BCUT2D eigenvalue weighted by Gasteiger charge is 2.26. The van der Waals surface area contributed by atoms with Gasteiger partial charge in [0, 0.05) is 30.1 Å². The number of fused-ring (bicyclic) bond motifs is 2. The van der Waals surface area contributed by atoms with Crippen LogP contribution < -0.4 is 5.32 Å². The molecule has 3 rings (SSSR count). The van der Waals surface area contributed by atoms with E-state index < -0.39 is 0 Å². The molecule has 0 atom stereocenters. The largest absolute Gasteiger partial charge is 0.312 e. The van der Waals surface area contributed by atoms with E-state index in [1.807, 2.05) is 6.07 Å². The van der Waals surface area contributed by atoms with Crippen LogP contribution in [0.2, 0.25) is 0 Å². The van der Waals surface area contributed by atoms with Crippen molar-refractivity contribution in [2.45, 2.75) is 11.3 Å². The van der Waals surface area contributed by atoms with Crippen molar-refractivity contribution < 1.29 is 4.39 Å². The lowest BCUT2D eigenvalue weighted by Gasteiger charge is -2.32. The highest BCUT2D eigenvalue weighted by atomic mass is 127. The van der Waals surface area contributed by atoms with E-state index in [4.69, 9.17) is 0 Å². The van der Waals surface area contributed by atoms with Crippen LogP contribution in [-0.4, -0.2) is 15.6 Å². The molecule has 1 aromatic rings. The third-order valence-corrected chi connectivity index (χ3v) is 4.95. The van der Waals surface area contributed by atoms with E-state index in [-0.39, 0.29) is 5.82 Å². The molecule has 0 unspecified atom stereocenters. The standard InChI is InChI=1S/C11H10FIN2S/c12-7-1-2-11-8(5-7)9-6-14-4-3-10(9)15(13)16-11/h1-2,5,14H,3-4,6H2. The number of nitrogens with zero attached hydrogens (tertiary/aromatic N) is 1. The molecule has 84 valence electrons. The SMILES string of the molecule is Fc1ccc2c(c1)C1=C(CCNC1)N(I)S2. The molecule has 1 aromatic carbocycles. The van der Waals surface area contributed by atoms with Crippen molar-refractivity contribution in [1.82, 2.24) is 7.84 Å². The molecule has 0 bridgehead atoms. The number of benzene rings is 1. The van der Waals surface area contributed by atoms with Crippen LogP contribution in [0.4, 0.5) is 4.39 Å². The molecule has 0 radical (unpaired) electrons. The van der Waals surface area contributed by atoms with Gasteiger partial charge in [0.25, 0.3) is 0 Å². The van der Waals surface area contributed by atoms with Gasteiger partial charge < -0.3 is 5.32 Å². The minimum Gasteiger partial charge on any atom is -0.312 e. The maximum atomic E-state index is 13.3. The van der Waals surface area contributed by atoms with Crippen LogP contribution in [0.25, 0.3) is 5.57 Å². The number of halogens is 2. The second kappa shape index (κ2) is 4.19. The molecule has 2 nitrogen and oxygen atoms in total. The smallest absolute Gasteiger partial charge is 0.123 e. The average molecular weight is 348 g/mol. The number of rotatable bonds is 0. The van der Waals surface area contributed by atoms with Crippen molar-refractivity contribution in [3.63, 3.8) is 0 Å². The predicted molar refractivity (Wildman–Crippen MR) is 72.5 cm³/mol. The Morgan fingerprint density at radius 2 is 2.31 bits per heavy atom. The van der Waals surface area contributed by atoms with Crippen LogP contribution in [0, 0.1) is 5.82 Å². The normalized spacial score (nSPS) is 19.5. The average Bonchev–Trinajstić information content (AvgIpc) is 2.31. The highest BCUT2D eigenvalue weighted by molar-refractivity contribution is 14.1. The van der Waals surface area contributed by atoms with Crippen molar-refractivity contribution in [3.05, 3.63) is 35.3 Å². The summed E-state index contributed by atoms with van der Waals surface area (Å²) in [4.78, 5) is 1.14. The monoisotopic (exact) mass is 348 g/mol. The van der Waals surface area contributed by atoms with Gasteiger partial charge in [-0.3, -0.25) is 2.52 Å². The Balaban J connectivity index is 2.17. The zero-order valence-electron chi connectivity index (χ0n) is 8.46. The molecule has 2 heterocycles. The van der Waals surface area contributed by atoms with E-state index in [2.05, 4.69) is 30.7 Å². The van der Waals surface area contributed by atoms with Gasteiger partial charge in [0.15, 0.2) is 0 Å². The molecule has 0 aliphatic carbocycles. The van der Waals surface area contributed by atoms with E-state index in [9.17, 15) is 4.39 Å². The van der Waals surface area contributed by atoms with Crippen LogP contribution in [0.1, 0.15) is 12.0 Å².